The van der Waals surface area contributed by atoms with E-state index in [0.29, 0.717) is 6.42 Å². The van der Waals surface area contributed by atoms with Crippen LogP contribution in [-0.4, -0.2) is 17.7 Å². The second-order valence-corrected chi connectivity index (χ2v) is 5.38. The molecule has 3 rings (SSSR count). The number of hydrogen-bond donors (Lipinski definition) is 1. The largest absolute Gasteiger partial charge is 0.493 e. The summed E-state index contributed by atoms with van der Waals surface area (Å²) in [7, 11) is 0. The van der Waals surface area contributed by atoms with Crippen LogP contribution in [0.2, 0.25) is 0 Å². The quantitative estimate of drug-likeness (QED) is 0.914. The van der Waals surface area contributed by atoms with Gasteiger partial charge in [-0.25, -0.2) is 0 Å². The number of carboxylic acids is 1. The van der Waals surface area contributed by atoms with Crippen LogP contribution in [0.3, 0.4) is 0 Å². The number of ether oxygens (including phenoxy) is 1. The highest BCUT2D eigenvalue weighted by atomic mass is 16.5. The van der Waals surface area contributed by atoms with Gasteiger partial charge in [0.1, 0.15) is 5.75 Å². The van der Waals surface area contributed by atoms with Gasteiger partial charge >= 0.3 is 5.97 Å². The molecule has 108 valence electrons. The molecule has 3 heteroatoms. The Balaban J connectivity index is 1.71. The van der Waals surface area contributed by atoms with Crippen LogP contribution in [0, 0.1) is 0 Å². The summed E-state index contributed by atoms with van der Waals surface area (Å²) in [6.07, 6.45) is 2.32. The van der Waals surface area contributed by atoms with Crippen LogP contribution in [0.4, 0.5) is 0 Å². The molecular weight excluding hydrogens is 264 g/mol. The minimum absolute atomic E-state index is 0.448. The molecule has 0 fully saturated rings. The van der Waals surface area contributed by atoms with Gasteiger partial charge in [0.2, 0.25) is 0 Å². The summed E-state index contributed by atoms with van der Waals surface area (Å²) in [5, 5.41) is 9.44. The molecule has 0 saturated heterocycles. The number of benzene rings is 2. The first-order chi connectivity index (χ1) is 10.2. The molecule has 0 saturated carbocycles. The van der Waals surface area contributed by atoms with Crippen molar-refractivity contribution in [2.45, 2.75) is 25.2 Å². The van der Waals surface area contributed by atoms with Gasteiger partial charge in [-0.1, -0.05) is 42.5 Å². The van der Waals surface area contributed by atoms with Crippen LogP contribution in [0.25, 0.3) is 0 Å². The van der Waals surface area contributed by atoms with E-state index in [4.69, 9.17) is 4.74 Å². The van der Waals surface area contributed by atoms with Gasteiger partial charge in [0.15, 0.2) is 0 Å². The van der Waals surface area contributed by atoms with E-state index in [9.17, 15) is 9.90 Å². The van der Waals surface area contributed by atoms with E-state index in [0.717, 1.165) is 30.8 Å². The number of carboxylic acid groups (broad SMARTS) is 1. The monoisotopic (exact) mass is 282 g/mol. The van der Waals surface area contributed by atoms with Crippen molar-refractivity contribution in [1.82, 2.24) is 0 Å². The molecule has 0 bridgehead atoms. The Bertz CT molecular complexity index is 634. The molecule has 1 heterocycles. The first-order valence-corrected chi connectivity index (χ1v) is 7.26. The molecule has 0 aliphatic carbocycles. The highest BCUT2D eigenvalue weighted by molar-refractivity contribution is 5.76. The number of hydrogen-bond acceptors (Lipinski definition) is 2. The van der Waals surface area contributed by atoms with Gasteiger partial charge in [-0.2, -0.15) is 0 Å². The molecule has 21 heavy (non-hydrogen) atoms. The Labute approximate surface area is 124 Å². The van der Waals surface area contributed by atoms with Crippen molar-refractivity contribution in [3.8, 4) is 5.75 Å². The first-order valence-electron chi connectivity index (χ1n) is 7.26. The lowest BCUT2D eigenvalue weighted by molar-refractivity contribution is -0.138. The van der Waals surface area contributed by atoms with Crippen molar-refractivity contribution in [2.75, 3.05) is 6.61 Å². The Morgan fingerprint density at radius 2 is 2.00 bits per heavy atom. The fourth-order valence-electron chi connectivity index (χ4n) is 2.82. The molecule has 3 nitrogen and oxygen atoms in total. The van der Waals surface area contributed by atoms with Crippen LogP contribution >= 0.6 is 0 Å². The van der Waals surface area contributed by atoms with Crippen molar-refractivity contribution in [2.24, 2.45) is 0 Å². The fourth-order valence-corrected chi connectivity index (χ4v) is 2.82. The number of aliphatic carboxylic acids is 1. The fraction of sp³-hybridized carbons (Fsp3) is 0.278. The molecule has 1 atom stereocenters. The average molecular weight is 282 g/mol. The zero-order valence-corrected chi connectivity index (χ0v) is 11.8. The van der Waals surface area contributed by atoms with Gasteiger partial charge < -0.3 is 9.84 Å². The molecule has 2 aromatic rings. The number of rotatable bonds is 5. The smallest absolute Gasteiger partial charge is 0.310 e. The van der Waals surface area contributed by atoms with Crippen molar-refractivity contribution < 1.29 is 14.6 Å². The van der Waals surface area contributed by atoms with E-state index in [2.05, 4.69) is 6.07 Å². The second kappa shape index (κ2) is 6.00. The lowest BCUT2D eigenvalue weighted by atomic mass is 9.92. The molecule has 1 aliphatic heterocycles. The van der Waals surface area contributed by atoms with Crippen LogP contribution in [0.5, 0.6) is 5.75 Å². The lowest BCUT2D eigenvalue weighted by Gasteiger charge is -2.13. The minimum Gasteiger partial charge on any atom is -0.493 e. The molecule has 1 N–H and O–H groups in total. The van der Waals surface area contributed by atoms with Gasteiger partial charge in [-0.05, 0) is 35.6 Å². The van der Waals surface area contributed by atoms with Crippen molar-refractivity contribution in [1.29, 1.82) is 0 Å². The van der Waals surface area contributed by atoms with Gasteiger partial charge in [0.05, 0.1) is 12.5 Å². The summed E-state index contributed by atoms with van der Waals surface area (Å²) in [5.41, 5.74) is 3.29. The van der Waals surface area contributed by atoms with Crippen molar-refractivity contribution in [3.63, 3.8) is 0 Å². The summed E-state index contributed by atoms with van der Waals surface area (Å²) < 4.78 is 5.49. The third-order valence-electron chi connectivity index (χ3n) is 3.98. The van der Waals surface area contributed by atoms with E-state index in [1.54, 1.807) is 0 Å². The van der Waals surface area contributed by atoms with Gasteiger partial charge in [0, 0.05) is 6.42 Å². The molecule has 0 amide bonds. The molecular formula is C18H18O3. The van der Waals surface area contributed by atoms with Crippen LogP contribution in [0.15, 0.2) is 48.5 Å². The Kier molecular flexibility index (Phi) is 3.91. The Hall–Kier alpha value is -2.29. The molecule has 1 aliphatic rings. The Morgan fingerprint density at radius 3 is 2.76 bits per heavy atom. The third kappa shape index (κ3) is 3.07. The zero-order valence-electron chi connectivity index (χ0n) is 11.8. The molecule has 1 unspecified atom stereocenters. The average Bonchev–Trinajstić information content (AvgIpc) is 2.96. The highest BCUT2D eigenvalue weighted by Crippen LogP contribution is 2.28. The summed E-state index contributed by atoms with van der Waals surface area (Å²) in [4.78, 5) is 11.5. The SMILES string of the molecule is O=C(O)C(CCc1ccc2c(c1)CCO2)c1ccccc1. The van der Waals surface area contributed by atoms with E-state index < -0.39 is 11.9 Å². The maximum absolute atomic E-state index is 11.5. The van der Waals surface area contributed by atoms with E-state index in [-0.39, 0.29) is 0 Å². The van der Waals surface area contributed by atoms with Crippen molar-refractivity contribution >= 4 is 5.97 Å². The molecule has 0 aromatic heterocycles. The minimum atomic E-state index is -0.759. The second-order valence-electron chi connectivity index (χ2n) is 5.38. The van der Waals surface area contributed by atoms with E-state index >= 15 is 0 Å². The van der Waals surface area contributed by atoms with Crippen LogP contribution in [-0.2, 0) is 17.6 Å². The maximum atomic E-state index is 11.5. The van der Waals surface area contributed by atoms with E-state index in [1.807, 2.05) is 42.5 Å². The summed E-state index contributed by atoms with van der Waals surface area (Å²) in [5.74, 6) is -0.238. The number of aryl methyl sites for hydroxylation is 1. The maximum Gasteiger partial charge on any atom is 0.310 e. The molecule has 2 aromatic carbocycles. The Morgan fingerprint density at radius 1 is 1.19 bits per heavy atom. The van der Waals surface area contributed by atoms with Gasteiger partial charge in [-0.3, -0.25) is 4.79 Å². The lowest BCUT2D eigenvalue weighted by Crippen LogP contribution is -2.12. The van der Waals surface area contributed by atoms with E-state index in [1.165, 1.54) is 11.1 Å². The van der Waals surface area contributed by atoms with Crippen LogP contribution in [0.1, 0.15) is 29.0 Å². The zero-order chi connectivity index (χ0) is 14.7. The normalized spacial score (nSPS) is 14.3. The van der Waals surface area contributed by atoms with Gasteiger partial charge in [-0.15, -0.1) is 0 Å². The van der Waals surface area contributed by atoms with Crippen LogP contribution < -0.4 is 4.74 Å². The number of fused-ring (bicyclic) bond motifs is 1. The standard InChI is InChI=1S/C18H18O3/c19-18(20)16(14-4-2-1-3-5-14)8-6-13-7-9-17-15(12-13)10-11-21-17/h1-5,7,9,12,16H,6,8,10-11H2,(H,19,20). The summed E-state index contributed by atoms with van der Waals surface area (Å²) >= 11 is 0. The predicted molar refractivity (Wildman–Crippen MR) is 80.8 cm³/mol. The molecule has 0 spiro atoms. The van der Waals surface area contributed by atoms with Gasteiger partial charge in [0.25, 0.3) is 0 Å². The number of carbonyl (C=O) groups is 1. The highest BCUT2D eigenvalue weighted by Gasteiger charge is 2.20. The van der Waals surface area contributed by atoms with Crippen molar-refractivity contribution in [3.05, 3.63) is 65.2 Å². The topological polar surface area (TPSA) is 46.5 Å². The first kappa shape index (κ1) is 13.7. The molecule has 0 radical (unpaired) electrons. The third-order valence-corrected chi connectivity index (χ3v) is 3.98. The predicted octanol–water partition coefficient (Wildman–Crippen LogP) is 3.42. The summed E-state index contributed by atoms with van der Waals surface area (Å²) in [6.45, 7) is 0.751. The summed E-state index contributed by atoms with van der Waals surface area (Å²) in [6, 6.07) is 15.6.